The van der Waals surface area contributed by atoms with Gasteiger partial charge in [-0.1, -0.05) is 24.3 Å². The molecule has 0 saturated carbocycles. The van der Waals surface area contributed by atoms with Crippen LogP contribution in [0.15, 0.2) is 35.1 Å². The third-order valence-electron chi connectivity index (χ3n) is 4.74. The normalized spacial score (nSPS) is 19.2. The van der Waals surface area contributed by atoms with E-state index in [0.717, 1.165) is 16.8 Å². The van der Waals surface area contributed by atoms with Gasteiger partial charge in [-0.15, -0.1) is 0 Å². The zero-order valence-electron chi connectivity index (χ0n) is 14.2. The van der Waals surface area contributed by atoms with Crippen LogP contribution >= 0.6 is 0 Å². The van der Waals surface area contributed by atoms with Crippen molar-refractivity contribution >= 4 is 5.91 Å². The van der Waals surface area contributed by atoms with Crippen molar-refractivity contribution < 1.29 is 9.90 Å². The van der Waals surface area contributed by atoms with Gasteiger partial charge < -0.3 is 15.0 Å². The van der Waals surface area contributed by atoms with E-state index in [1.54, 1.807) is 11.5 Å². The van der Waals surface area contributed by atoms with Gasteiger partial charge in [-0.3, -0.25) is 9.59 Å². The number of pyridine rings is 1. The van der Waals surface area contributed by atoms with Crippen molar-refractivity contribution in [2.24, 2.45) is 0 Å². The van der Waals surface area contributed by atoms with Gasteiger partial charge in [0, 0.05) is 18.7 Å². The lowest BCUT2D eigenvalue weighted by Crippen LogP contribution is -2.39. The van der Waals surface area contributed by atoms with Crippen LogP contribution in [-0.4, -0.2) is 21.7 Å². The third-order valence-corrected chi connectivity index (χ3v) is 4.74. The average Bonchev–Trinajstić information content (AvgIpc) is 2.83. The summed E-state index contributed by atoms with van der Waals surface area (Å²) in [6, 6.07) is 9.02. The van der Waals surface area contributed by atoms with Crippen LogP contribution < -0.4 is 10.9 Å². The standard InChI is InChI=1S/C19H22N2O3/c1-4-21-12(3)9-11(2)16(19(21)24)18(23)20-17-14-8-6-5-7-13(14)10-15(17)22/h5-9,15,17,22H,4,10H2,1-3H3,(H,20,23)/t15-,17-/m1/s1. The molecule has 2 aromatic rings. The van der Waals surface area contributed by atoms with E-state index in [1.165, 1.54) is 0 Å². The number of aryl methyl sites for hydroxylation is 2. The number of benzene rings is 1. The van der Waals surface area contributed by atoms with Crippen molar-refractivity contribution in [2.75, 3.05) is 0 Å². The van der Waals surface area contributed by atoms with E-state index in [0.29, 0.717) is 18.5 Å². The molecule has 0 fully saturated rings. The van der Waals surface area contributed by atoms with Crippen LogP contribution in [0.3, 0.4) is 0 Å². The molecule has 1 aromatic heterocycles. The summed E-state index contributed by atoms with van der Waals surface area (Å²) in [4.78, 5) is 25.4. The molecule has 1 heterocycles. The molecule has 5 nitrogen and oxygen atoms in total. The number of aliphatic hydroxyl groups excluding tert-OH is 1. The van der Waals surface area contributed by atoms with Gasteiger partial charge in [0.05, 0.1) is 12.1 Å². The number of nitrogens with zero attached hydrogens (tertiary/aromatic N) is 1. The Kier molecular flexibility index (Phi) is 4.28. The molecule has 1 amide bonds. The first-order valence-corrected chi connectivity index (χ1v) is 8.21. The number of aromatic nitrogens is 1. The van der Waals surface area contributed by atoms with E-state index in [9.17, 15) is 14.7 Å². The van der Waals surface area contributed by atoms with Gasteiger partial charge in [-0.05, 0) is 43.5 Å². The van der Waals surface area contributed by atoms with E-state index in [1.807, 2.05) is 44.2 Å². The van der Waals surface area contributed by atoms with Crippen molar-refractivity contribution in [2.45, 2.75) is 45.9 Å². The van der Waals surface area contributed by atoms with Crippen LogP contribution in [-0.2, 0) is 13.0 Å². The average molecular weight is 326 g/mol. The second-order valence-electron chi connectivity index (χ2n) is 6.31. The first-order chi connectivity index (χ1) is 11.4. The fourth-order valence-electron chi connectivity index (χ4n) is 3.56. The SMILES string of the molecule is CCn1c(C)cc(C)c(C(=O)N[C@@H]2c3ccccc3C[C@H]2O)c1=O. The van der Waals surface area contributed by atoms with Crippen LogP contribution in [0.5, 0.6) is 0 Å². The second-order valence-corrected chi connectivity index (χ2v) is 6.31. The highest BCUT2D eigenvalue weighted by atomic mass is 16.3. The summed E-state index contributed by atoms with van der Waals surface area (Å²) in [5, 5.41) is 13.1. The maximum Gasteiger partial charge on any atom is 0.263 e. The second kappa shape index (κ2) is 6.24. The summed E-state index contributed by atoms with van der Waals surface area (Å²) in [5.41, 5.74) is 3.30. The number of carbonyl (C=O) groups excluding carboxylic acids is 1. The quantitative estimate of drug-likeness (QED) is 0.904. The highest BCUT2D eigenvalue weighted by Crippen LogP contribution is 2.31. The summed E-state index contributed by atoms with van der Waals surface area (Å²) in [5.74, 6) is -0.430. The molecular weight excluding hydrogens is 304 g/mol. The number of hydrogen-bond donors (Lipinski definition) is 2. The Morgan fingerprint density at radius 1 is 1.33 bits per heavy atom. The molecule has 0 radical (unpaired) electrons. The lowest BCUT2D eigenvalue weighted by Gasteiger charge is -2.19. The van der Waals surface area contributed by atoms with Crippen LogP contribution in [0.1, 0.15) is 45.7 Å². The lowest BCUT2D eigenvalue weighted by molar-refractivity contribution is 0.0855. The number of hydrogen-bond acceptors (Lipinski definition) is 3. The molecule has 0 unspecified atom stereocenters. The first kappa shape index (κ1) is 16.5. The molecule has 1 aliphatic rings. The molecule has 1 aromatic carbocycles. The van der Waals surface area contributed by atoms with E-state index >= 15 is 0 Å². The summed E-state index contributed by atoms with van der Waals surface area (Å²) in [6.45, 7) is 6.02. The molecule has 5 heteroatoms. The predicted molar refractivity (Wildman–Crippen MR) is 92.2 cm³/mol. The van der Waals surface area contributed by atoms with Crippen molar-refractivity contribution in [3.8, 4) is 0 Å². The van der Waals surface area contributed by atoms with Crippen molar-refractivity contribution in [3.05, 3.63) is 68.6 Å². The summed E-state index contributed by atoms with van der Waals surface area (Å²) >= 11 is 0. The molecular formula is C19H22N2O3. The number of nitrogens with one attached hydrogen (secondary N) is 1. The van der Waals surface area contributed by atoms with Crippen LogP contribution in [0.4, 0.5) is 0 Å². The highest BCUT2D eigenvalue weighted by Gasteiger charge is 2.33. The van der Waals surface area contributed by atoms with Gasteiger partial charge in [-0.2, -0.15) is 0 Å². The maximum absolute atomic E-state index is 12.7. The molecule has 2 N–H and O–H groups in total. The van der Waals surface area contributed by atoms with Crippen molar-refractivity contribution in [3.63, 3.8) is 0 Å². The zero-order valence-corrected chi connectivity index (χ0v) is 14.2. The van der Waals surface area contributed by atoms with Crippen molar-refractivity contribution in [1.29, 1.82) is 0 Å². The minimum Gasteiger partial charge on any atom is -0.390 e. The number of amides is 1. The molecule has 24 heavy (non-hydrogen) atoms. The topological polar surface area (TPSA) is 71.3 Å². The van der Waals surface area contributed by atoms with E-state index in [-0.39, 0.29) is 11.1 Å². The van der Waals surface area contributed by atoms with Gasteiger partial charge in [0.2, 0.25) is 0 Å². The van der Waals surface area contributed by atoms with Gasteiger partial charge in [0.1, 0.15) is 5.56 Å². The molecule has 1 aliphatic carbocycles. The highest BCUT2D eigenvalue weighted by molar-refractivity contribution is 5.95. The number of aliphatic hydroxyl groups is 1. The Morgan fingerprint density at radius 3 is 2.75 bits per heavy atom. The Labute approximate surface area is 140 Å². The molecule has 2 atom stereocenters. The fraction of sp³-hybridized carbons (Fsp3) is 0.368. The summed E-state index contributed by atoms with van der Waals surface area (Å²) in [6.07, 6.45) is -0.168. The van der Waals surface area contributed by atoms with Crippen molar-refractivity contribution in [1.82, 2.24) is 9.88 Å². The van der Waals surface area contributed by atoms with E-state index in [4.69, 9.17) is 0 Å². The van der Waals surface area contributed by atoms with Gasteiger partial charge in [0.25, 0.3) is 11.5 Å². The Hall–Kier alpha value is -2.40. The minimum absolute atomic E-state index is 0.152. The summed E-state index contributed by atoms with van der Waals surface area (Å²) < 4.78 is 1.58. The molecule has 0 saturated heterocycles. The molecule has 126 valence electrons. The van der Waals surface area contributed by atoms with Gasteiger partial charge in [0.15, 0.2) is 0 Å². The third kappa shape index (κ3) is 2.65. The van der Waals surface area contributed by atoms with Gasteiger partial charge in [-0.25, -0.2) is 0 Å². The zero-order chi connectivity index (χ0) is 17.4. The molecule has 0 aliphatic heterocycles. The van der Waals surface area contributed by atoms with Crippen LogP contribution in [0, 0.1) is 13.8 Å². The summed E-state index contributed by atoms with van der Waals surface area (Å²) in [7, 11) is 0. The van der Waals surface area contributed by atoms with Crippen LogP contribution in [0.2, 0.25) is 0 Å². The fourth-order valence-corrected chi connectivity index (χ4v) is 3.56. The number of rotatable bonds is 3. The number of carbonyl (C=O) groups is 1. The Balaban J connectivity index is 1.96. The molecule has 0 bridgehead atoms. The molecule has 3 rings (SSSR count). The lowest BCUT2D eigenvalue weighted by atomic mass is 10.1. The van der Waals surface area contributed by atoms with Gasteiger partial charge >= 0.3 is 0 Å². The Morgan fingerprint density at radius 2 is 2.04 bits per heavy atom. The first-order valence-electron chi connectivity index (χ1n) is 8.21. The maximum atomic E-state index is 12.7. The van der Waals surface area contributed by atoms with E-state index in [2.05, 4.69) is 5.32 Å². The monoisotopic (exact) mass is 326 g/mol. The molecule has 0 spiro atoms. The van der Waals surface area contributed by atoms with Crippen LogP contribution in [0.25, 0.3) is 0 Å². The van der Waals surface area contributed by atoms with E-state index < -0.39 is 18.1 Å². The smallest absolute Gasteiger partial charge is 0.263 e. The minimum atomic E-state index is -0.675. The predicted octanol–water partition coefficient (Wildman–Crippen LogP) is 1.87. The largest absolute Gasteiger partial charge is 0.390 e. The Bertz CT molecular complexity index is 854. The number of fused-ring (bicyclic) bond motifs is 1.